The molecule has 8 nitrogen and oxygen atoms in total. The number of nitro benzene ring substituents is 1. The fourth-order valence-electron chi connectivity index (χ4n) is 1.68. The van der Waals surface area contributed by atoms with Gasteiger partial charge in [-0.05, 0) is 12.1 Å². The fraction of sp³-hybridized carbons (Fsp3) is 0.455. The minimum atomic E-state index is -0.490. The summed E-state index contributed by atoms with van der Waals surface area (Å²) in [5.41, 5.74) is 1.08. The van der Waals surface area contributed by atoms with Gasteiger partial charge >= 0.3 is 5.69 Å². The zero-order valence-electron chi connectivity index (χ0n) is 10.6. The van der Waals surface area contributed by atoms with E-state index in [0.717, 1.165) is 0 Å². The maximum absolute atomic E-state index is 11.2. The summed E-state index contributed by atoms with van der Waals surface area (Å²) in [6.07, 6.45) is 0. The number of anilines is 3. The van der Waals surface area contributed by atoms with Crippen LogP contribution in [0.4, 0.5) is 22.7 Å². The van der Waals surface area contributed by atoms with Crippen LogP contribution in [0, 0.1) is 10.1 Å². The van der Waals surface area contributed by atoms with E-state index in [-0.39, 0.29) is 32.0 Å². The number of hydrogen-bond donors (Lipinski definition) is 5. The molecule has 0 saturated carbocycles. The number of aliphatic hydroxyl groups is 2. The Labute approximate surface area is 110 Å². The number of hydrogen-bond acceptors (Lipinski definition) is 7. The summed E-state index contributed by atoms with van der Waals surface area (Å²) in [6, 6.07) is 3.26. The Morgan fingerprint density at radius 2 is 1.74 bits per heavy atom. The van der Waals surface area contributed by atoms with Crippen LogP contribution in [0.2, 0.25) is 0 Å². The molecule has 0 bridgehead atoms. The van der Waals surface area contributed by atoms with E-state index in [0.29, 0.717) is 17.1 Å². The van der Waals surface area contributed by atoms with Crippen LogP contribution in [-0.4, -0.2) is 48.5 Å². The van der Waals surface area contributed by atoms with Crippen molar-refractivity contribution in [1.29, 1.82) is 0 Å². The highest BCUT2D eigenvalue weighted by Gasteiger charge is 2.22. The lowest BCUT2D eigenvalue weighted by molar-refractivity contribution is -0.383. The molecule has 1 aromatic rings. The summed E-state index contributed by atoms with van der Waals surface area (Å²) >= 11 is 0. The average Bonchev–Trinajstić information content (AvgIpc) is 2.41. The topological polar surface area (TPSA) is 120 Å². The molecule has 0 saturated heterocycles. The summed E-state index contributed by atoms with van der Waals surface area (Å²) < 4.78 is 0. The van der Waals surface area contributed by atoms with Crippen molar-refractivity contribution in [2.75, 3.05) is 49.3 Å². The van der Waals surface area contributed by atoms with Gasteiger partial charge < -0.3 is 26.2 Å². The Balaban J connectivity index is 3.23. The van der Waals surface area contributed by atoms with Gasteiger partial charge in [0.15, 0.2) is 0 Å². The lowest BCUT2D eigenvalue weighted by Crippen LogP contribution is -2.13. The number of nitrogens with one attached hydrogen (secondary N) is 3. The molecule has 8 heteroatoms. The summed E-state index contributed by atoms with van der Waals surface area (Å²) in [4.78, 5) is 10.7. The lowest BCUT2D eigenvalue weighted by atomic mass is 10.2. The predicted octanol–water partition coefficient (Wildman–Crippen LogP) is 0.445. The molecule has 1 rings (SSSR count). The highest BCUT2D eigenvalue weighted by atomic mass is 16.6. The third-order valence-corrected chi connectivity index (χ3v) is 2.47. The molecule has 0 atom stereocenters. The van der Waals surface area contributed by atoms with E-state index in [9.17, 15) is 10.1 Å². The molecular weight excluding hydrogens is 252 g/mol. The molecule has 0 heterocycles. The third-order valence-electron chi connectivity index (χ3n) is 2.47. The Hall–Kier alpha value is -2.06. The van der Waals surface area contributed by atoms with Gasteiger partial charge in [-0.25, -0.2) is 0 Å². The molecule has 0 aliphatic heterocycles. The second-order valence-electron chi connectivity index (χ2n) is 3.69. The van der Waals surface area contributed by atoms with Crippen molar-refractivity contribution >= 4 is 22.7 Å². The molecule has 0 amide bonds. The van der Waals surface area contributed by atoms with Gasteiger partial charge in [-0.3, -0.25) is 10.1 Å². The molecule has 0 radical (unpaired) electrons. The molecule has 0 fully saturated rings. The van der Waals surface area contributed by atoms with Crippen molar-refractivity contribution in [1.82, 2.24) is 0 Å². The second kappa shape index (κ2) is 7.39. The van der Waals surface area contributed by atoms with Crippen LogP contribution in [0.15, 0.2) is 12.1 Å². The van der Waals surface area contributed by atoms with Crippen molar-refractivity contribution in [3.63, 3.8) is 0 Å². The van der Waals surface area contributed by atoms with Crippen molar-refractivity contribution in [3.8, 4) is 0 Å². The molecule has 5 N–H and O–H groups in total. The first kappa shape index (κ1) is 15.0. The molecule has 106 valence electrons. The van der Waals surface area contributed by atoms with Crippen molar-refractivity contribution in [2.45, 2.75) is 0 Å². The number of nitrogens with zero attached hydrogens (tertiary/aromatic N) is 1. The molecule has 0 aliphatic rings. The van der Waals surface area contributed by atoms with Gasteiger partial charge in [-0.15, -0.1) is 0 Å². The van der Waals surface area contributed by atoms with Crippen LogP contribution in [0.3, 0.4) is 0 Å². The van der Waals surface area contributed by atoms with Gasteiger partial charge in [0.2, 0.25) is 0 Å². The highest BCUT2D eigenvalue weighted by molar-refractivity contribution is 5.86. The Kier molecular flexibility index (Phi) is 5.83. The molecule has 19 heavy (non-hydrogen) atoms. The average molecular weight is 270 g/mol. The normalized spacial score (nSPS) is 10.1. The number of aliphatic hydroxyl groups excluding tert-OH is 2. The largest absolute Gasteiger partial charge is 0.395 e. The van der Waals surface area contributed by atoms with Crippen LogP contribution >= 0.6 is 0 Å². The van der Waals surface area contributed by atoms with E-state index in [1.807, 2.05) is 0 Å². The minimum Gasteiger partial charge on any atom is -0.395 e. The van der Waals surface area contributed by atoms with Crippen molar-refractivity contribution in [3.05, 3.63) is 22.2 Å². The van der Waals surface area contributed by atoms with Gasteiger partial charge in [0.25, 0.3) is 0 Å². The first-order valence-electron chi connectivity index (χ1n) is 5.84. The van der Waals surface area contributed by atoms with Gasteiger partial charge in [0.05, 0.1) is 23.8 Å². The highest BCUT2D eigenvalue weighted by Crippen LogP contribution is 2.38. The van der Waals surface area contributed by atoms with Crippen LogP contribution in [-0.2, 0) is 0 Å². The molecule has 0 aromatic heterocycles. The Morgan fingerprint density at radius 3 is 2.26 bits per heavy atom. The summed E-state index contributed by atoms with van der Waals surface area (Å²) in [5.74, 6) is 0. The second-order valence-corrected chi connectivity index (χ2v) is 3.69. The van der Waals surface area contributed by atoms with E-state index in [2.05, 4.69) is 16.0 Å². The van der Waals surface area contributed by atoms with Crippen LogP contribution < -0.4 is 16.0 Å². The van der Waals surface area contributed by atoms with Crippen molar-refractivity contribution in [2.24, 2.45) is 0 Å². The summed E-state index contributed by atoms with van der Waals surface area (Å²) in [7, 11) is 1.60. The van der Waals surface area contributed by atoms with Gasteiger partial charge in [0.1, 0.15) is 11.4 Å². The van der Waals surface area contributed by atoms with Crippen LogP contribution in [0.1, 0.15) is 0 Å². The standard InChI is InChI=1S/C11H18N4O4/c1-12-9-3-2-8(13-4-6-16)10(14-5-7-17)11(9)15(18)19/h2-3,12-14,16-17H,4-7H2,1H3. The minimum absolute atomic E-state index is 0.0823. The quantitative estimate of drug-likeness (QED) is 0.343. The zero-order chi connectivity index (χ0) is 14.3. The third kappa shape index (κ3) is 3.70. The fourth-order valence-corrected chi connectivity index (χ4v) is 1.68. The molecule has 0 unspecified atom stereocenters. The maximum Gasteiger partial charge on any atom is 0.317 e. The SMILES string of the molecule is CNc1ccc(NCCO)c(NCCO)c1[N+](=O)[O-]. The van der Waals surface area contributed by atoms with Crippen LogP contribution in [0.25, 0.3) is 0 Å². The predicted molar refractivity (Wildman–Crippen MR) is 73.8 cm³/mol. The van der Waals surface area contributed by atoms with Gasteiger partial charge in [0, 0.05) is 20.1 Å². The summed E-state index contributed by atoms with van der Waals surface area (Å²) in [5, 5.41) is 37.3. The van der Waals surface area contributed by atoms with E-state index < -0.39 is 4.92 Å². The smallest absolute Gasteiger partial charge is 0.317 e. The molecular formula is C11H18N4O4. The summed E-state index contributed by atoms with van der Waals surface area (Å²) in [6.45, 7) is 0.257. The maximum atomic E-state index is 11.2. The van der Waals surface area contributed by atoms with Gasteiger partial charge in [-0.1, -0.05) is 0 Å². The first-order chi connectivity index (χ1) is 9.15. The van der Waals surface area contributed by atoms with Gasteiger partial charge in [-0.2, -0.15) is 0 Å². The zero-order valence-corrected chi connectivity index (χ0v) is 10.6. The van der Waals surface area contributed by atoms with E-state index in [4.69, 9.17) is 10.2 Å². The number of rotatable bonds is 8. The molecule has 1 aromatic carbocycles. The monoisotopic (exact) mass is 270 g/mol. The first-order valence-corrected chi connectivity index (χ1v) is 5.84. The Morgan fingerprint density at radius 1 is 1.16 bits per heavy atom. The van der Waals surface area contributed by atoms with E-state index >= 15 is 0 Å². The van der Waals surface area contributed by atoms with Crippen LogP contribution in [0.5, 0.6) is 0 Å². The van der Waals surface area contributed by atoms with E-state index in [1.165, 1.54) is 0 Å². The van der Waals surface area contributed by atoms with E-state index in [1.54, 1.807) is 19.2 Å². The number of nitro groups is 1. The Bertz CT molecular complexity index is 439. The number of benzene rings is 1. The molecule has 0 spiro atoms. The van der Waals surface area contributed by atoms with Crippen molar-refractivity contribution < 1.29 is 15.1 Å². The lowest BCUT2D eigenvalue weighted by Gasteiger charge is -2.15. The molecule has 0 aliphatic carbocycles.